The second-order valence-corrected chi connectivity index (χ2v) is 8.10. The highest BCUT2D eigenvalue weighted by atomic mass is 32.2. The molecule has 0 bridgehead atoms. The van der Waals surface area contributed by atoms with Crippen molar-refractivity contribution in [1.82, 2.24) is 5.32 Å². The molecule has 0 aromatic heterocycles. The Morgan fingerprint density at radius 3 is 2.29 bits per heavy atom. The predicted molar refractivity (Wildman–Crippen MR) is 116 cm³/mol. The van der Waals surface area contributed by atoms with Crippen molar-refractivity contribution in [2.75, 3.05) is 20.8 Å². The number of Topliss-reactive ketones (excluding diaryl/α,β-unsaturated/α-hetero) is 1. The number of para-hydroxylation sites is 1. The molecule has 0 aliphatic carbocycles. The first-order valence-electron chi connectivity index (χ1n) is 9.48. The Bertz CT molecular complexity index is 1150. The molecular formula is C23H23NO6S. The maximum absolute atomic E-state index is 12.7. The summed E-state index contributed by atoms with van der Waals surface area (Å²) >= 11 is 0. The number of ketones is 1. The van der Waals surface area contributed by atoms with E-state index in [0.29, 0.717) is 18.0 Å². The van der Waals surface area contributed by atoms with Gasteiger partial charge in [-0.3, -0.25) is 4.79 Å². The summed E-state index contributed by atoms with van der Waals surface area (Å²) in [5.41, 5.74) is 1.03. The van der Waals surface area contributed by atoms with E-state index >= 15 is 0 Å². The molecule has 0 radical (unpaired) electrons. The van der Waals surface area contributed by atoms with Crippen molar-refractivity contribution in [3.05, 3.63) is 83.9 Å². The van der Waals surface area contributed by atoms with Crippen molar-refractivity contribution in [2.45, 2.75) is 11.4 Å². The third-order valence-corrected chi connectivity index (χ3v) is 5.76. The Morgan fingerprint density at radius 1 is 0.871 bits per heavy atom. The van der Waals surface area contributed by atoms with E-state index < -0.39 is 10.1 Å². The van der Waals surface area contributed by atoms with Crippen LogP contribution in [-0.4, -0.2) is 35.0 Å². The molecule has 3 rings (SSSR count). The van der Waals surface area contributed by atoms with E-state index in [-0.39, 0.29) is 28.5 Å². The molecule has 8 heteroatoms. The lowest BCUT2D eigenvalue weighted by molar-refractivity contribution is 0.0989. The number of nitrogens with one attached hydrogen (secondary N) is 1. The number of rotatable bonds is 10. The Hall–Kier alpha value is -3.36. The van der Waals surface area contributed by atoms with Crippen molar-refractivity contribution in [2.24, 2.45) is 0 Å². The Morgan fingerprint density at radius 2 is 1.58 bits per heavy atom. The molecule has 0 atom stereocenters. The molecule has 0 saturated heterocycles. The van der Waals surface area contributed by atoms with E-state index in [0.717, 1.165) is 5.56 Å². The number of hydrogen-bond acceptors (Lipinski definition) is 7. The molecule has 162 valence electrons. The summed E-state index contributed by atoms with van der Waals surface area (Å²) in [5.74, 6) is 0.992. The van der Waals surface area contributed by atoms with Gasteiger partial charge in [-0.1, -0.05) is 36.4 Å². The number of ether oxygens (including phenoxy) is 2. The largest absolute Gasteiger partial charge is 0.497 e. The number of methoxy groups -OCH3 is 2. The summed E-state index contributed by atoms with van der Waals surface area (Å²) in [6.45, 7) is 0.366. The zero-order chi connectivity index (χ0) is 22.3. The van der Waals surface area contributed by atoms with Crippen LogP contribution < -0.4 is 19.0 Å². The van der Waals surface area contributed by atoms with Crippen LogP contribution in [-0.2, 0) is 16.7 Å². The number of hydrogen-bond donors (Lipinski definition) is 1. The van der Waals surface area contributed by atoms with Gasteiger partial charge in [0.1, 0.15) is 16.4 Å². The molecule has 1 N–H and O–H groups in total. The van der Waals surface area contributed by atoms with Gasteiger partial charge in [0, 0.05) is 18.2 Å². The number of carbonyl (C=O) groups is 1. The van der Waals surface area contributed by atoms with E-state index in [1.165, 1.54) is 24.3 Å². The fraction of sp³-hybridized carbons (Fsp3) is 0.174. The Kier molecular flexibility index (Phi) is 7.28. The summed E-state index contributed by atoms with van der Waals surface area (Å²) < 4.78 is 40.8. The molecule has 3 aromatic carbocycles. The van der Waals surface area contributed by atoms with Gasteiger partial charge in [-0.2, -0.15) is 8.42 Å². The monoisotopic (exact) mass is 441 g/mol. The van der Waals surface area contributed by atoms with Crippen LogP contribution in [0.2, 0.25) is 0 Å². The van der Waals surface area contributed by atoms with Gasteiger partial charge in [0.2, 0.25) is 0 Å². The second-order valence-electron chi connectivity index (χ2n) is 6.55. The molecule has 3 aromatic rings. The van der Waals surface area contributed by atoms with Crippen LogP contribution in [0.15, 0.2) is 77.7 Å². The van der Waals surface area contributed by atoms with Crippen molar-refractivity contribution in [1.29, 1.82) is 0 Å². The van der Waals surface area contributed by atoms with Gasteiger partial charge in [-0.25, -0.2) is 0 Å². The van der Waals surface area contributed by atoms with Crippen LogP contribution in [0.25, 0.3) is 0 Å². The third kappa shape index (κ3) is 5.62. The van der Waals surface area contributed by atoms with E-state index in [9.17, 15) is 13.2 Å². The van der Waals surface area contributed by atoms with Gasteiger partial charge in [0.05, 0.1) is 26.3 Å². The van der Waals surface area contributed by atoms with E-state index in [1.54, 1.807) is 56.7 Å². The van der Waals surface area contributed by atoms with Gasteiger partial charge >= 0.3 is 10.1 Å². The lowest BCUT2D eigenvalue weighted by Gasteiger charge is -2.13. The van der Waals surface area contributed by atoms with Crippen LogP contribution in [0, 0.1) is 0 Å². The van der Waals surface area contributed by atoms with Crippen molar-refractivity contribution < 1.29 is 26.9 Å². The van der Waals surface area contributed by atoms with Crippen molar-refractivity contribution >= 4 is 15.9 Å². The van der Waals surface area contributed by atoms with Crippen LogP contribution >= 0.6 is 0 Å². The average Bonchev–Trinajstić information content (AvgIpc) is 2.79. The molecule has 0 unspecified atom stereocenters. The minimum atomic E-state index is -4.05. The summed E-state index contributed by atoms with van der Waals surface area (Å²) in [7, 11) is -0.918. The molecule has 0 spiro atoms. The molecule has 0 aliphatic rings. The molecule has 0 fully saturated rings. The first kappa shape index (κ1) is 22.3. The smallest absolute Gasteiger partial charge is 0.339 e. The normalized spacial score (nSPS) is 11.0. The number of benzene rings is 3. The SMILES string of the molecule is COc1ccc(CNCC(=O)c2ccccc2OS(=O)(=O)c2ccccc2)c(OC)c1. The minimum absolute atomic E-state index is 0.0130. The number of carbonyl (C=O) groups excluding carboxylic acids is 1. The standard InChI is InChI=1S/C23H23NO6S/c1-28-18-13-12-17(23(14-18)29-2)15-24-16-21(25)20-10-6-7-11-22(20)30-31(26,27)19-8-4-3-5-9-19/h3-14,24H,15-16H2,1-2H3. The maximum Gasteiger partial charge on any atom is 0.339 e. The first-order valence-corrected chi connectivity index (χ1v) is 10.9. The average molecular weight is 442 g/mol. The zero-order valence-corrected chi connectivity index (χ0v) is 18.0. The fourth-order valence-electron chi connectivity index (χ4n) is 2.93. The maximum atomic E-state index is 12.7. The molecule has 0 aliphatic heterocycles. The van der Waals surface area contributed by atoms with Gasteiger partial charge in [-0.15, -0.1) is 0 Å². The summed E-state index contributed by atoms with van der Waals surface area (Å²) in [6, 6.07) is 19.5. The van der Waals surface area contributed by atoms with Crippen LogP contribution in [0.3, 0.4) is 0 Å². The lowest BCUT2D eigenvalue weighted by atomic mass is 10.1. The van der Waals surface area contributed by atoms with Gasteiger partial charge in [0.15, 0.2) is 11.5 Å². The van der Waals surface area contributed by atoms with Crippen molar-refractivity contribution in [3.8, 4) is 17.2 Å². The molecule has 0 saturated carbocycles. The minimum Gasteiger partial charge on any atom is -0.497 e. The van der Waals surface area contributed by atoms with Gasteiger partial charge < -0.3 is 19.0 Å². The molecule has 0 amide bonds. The Balaban J connectivity index is 1.69. The fourth-order valence-corrected chi connectivity index (χ4v) is 3.90. The highest BCUT2D eigenvalue weighted by molar-refractivity contribution is 7.87. The van der Waals surface area contributed by atoms with E-state index in [2.05, 4.69) is 5.32 Å². The van der Waals surface area contributed by atoms with Gasteiger partial charge in [0.25, 0.3) is 0 Å². The molecule has 31 heavy (non-hydrogen) atoms. The molecule has 7 nitrogen and oxygen atoms in total. The van der Waals surface area contributed by atoms with Crippen molar-refractivity contribution in [3.63, 3.8) is 0 Å². The summed E-state index contributed by atoms with van der Waals surface area (Å²) in [6.07, 6.45) is 0. The molecule has 0 heterocycles. The quantitative estimate of drug-likeness (QED) is 0.381. The van der Waals surface area contributed by atoms with Crippen LogP contribution in [0.1, 0.15) is 15.9 Å². The highest BCUT2D eigenvalue weighted by Gasteiger charge is 2.20. The summed E-state index contributed by atoms with van der Waals surface area (Å²) in [5, 5.41) is 3.06. The summed E-state index contributed by atoms with van der Waals surface area (Å²) in [4.78, 5) is 12.8. The van der Waals surface area contributed by atoms with Crippen LogP contribution in [0.5, 0.6) is 17.2 Å². The zero-order valence-electron chi connectivity index (χ0n) is 17.2. The topological polar surface area (TPSA) is 90.9 Å². The first-order chi connectivity index (χ1) is 14.9. The third-order valence-electron chi connectivity index (χ3n) is 4.51. The molecular weight excluding hydrogens is 418 g/mol. The predicted octanol–water partition coefficient (Wildman–Crippen LogP) is 3.44. The van der Waals surface area contributed by atoms with Gasteiger partial charge in [-0.05, 0) is 30.3 Å². The lowest BCUT2D eigenvalue weighted by Crippen LogP contribution is -2.23. The van der Waals surface area contributed by atoms with Crippen LogP contribution in [0.4, 0.5) is 0 Å². The second kappa shape index (κ2) is 10.1. The van der Waals surface area contributed by atoms with E-state index in [1.807, 2.05) is 6.07 Å². The van der Waals surface area contributed by atoms with E-state index in [4.69, 9.17) is 13.7 Å². The highest BCUT2D eigenvalue weighted by Crippen LogP contribution is 2.25. The Labute approximate surface area is 181 Å².